The second-order valence-electron chi connectivity index (χ2n) is 5.52. The standard InChI is InChI=1S/C17H14FN5O/c1-7-5-20-16-12(13(19)17(24)22-14(16)8(7)2)9-3-4-11(18)15-10(9)6-21-23-15/h3-6H,19H2,1-2H3,(H,21,23)(H,22,24)/i1D3. The van der Waals surface area contributed by atoms with E-state index in [0.29, 0.717) is 27.6 Å². The molecule has 0 radical (unpaired) electrons. The summed E-state index contributed by atoms with van der Waals surface area (Å²) < 4.78 is 36.9. The van der Waals surface area contributed by atoms with E-state index in [1.807, 2.05) is 0 Å². The van der Waals surface area contributed by atoms with Gasteiger partial charge < -0.3 is 10.7 Å². The highest BCUT2D eigenvalue weighted by Crippen LogP contribution is 2.36. The second kappa shape index (κ2) is 4.89. The van der Waals surface area contributed by atoms with Crippen LogP contribution < -0.4 is 11.3 Å². The van der Waals surface area contributed by atoms with Crippen molar-refractivity contribution >= 4 is 27.6 Å². The molecule has 4 rings (SSSR count). The van der Waals surface area contributed by atoms with Crippen LogP contribution in [0.5, 0.6) is 0 Å². The number of H-pyrrole nitrogens is 2. The minimum Gasteiger partial charge on any atom is -0.394 e. The summed E-state index contributed by atoms with van der Waals surface area (Å²) in [5.41, 5.74) is 7.34. The van der Waals surface area contributed by atoms with Crippen molar-refractivity contribution in [2.75, 3.05) is 5.73 Å². The van der Waals surface area contributed by atoms with E-state index in [0.717, 1.165) is 0 Å². The molecule has 120 valence electrons. The number of nitrogens with zero attached hydrogens (tertiary/aromatic N) is 2. The second-order valence-corrected chi connectivity index (χ2v) is 5.52. The van der Waals surface area contributed by atoms with Gasteiger partial charge in [-0.15, -0.1) is 0 Å². The topological polar surface area (TPSA) is 100 Å². The molecule has 3 aromatic heterocycles. The zero-order valence-corrected chi connectivity index (χ0v) is 12.6. The molecular formula is C17H14FN5O. The number of aromatic nitrogens is 4. The van der Waals surface area contributed by atoms with Gasteiger partial charge in [0.05, 0.1) is 17.2 Å². The Morgan fingerprint density at radius 1 is 1.29 bits per heavy atom. The first-order valence-corrected chi connectivity index (χ1v) is 7.13. The first-order valence-electron chi connectivity index (χ1n) is 8.63. The fourth-order valence-corrected chi connectivity index (χ4v) is 2.86. The van der Waals surface area contributed by atoms with Gasteiger partial charge in [0.25, 0.3) is 5.56 Å². The maximum Gasteiger partial charge on any atom is 0.272 e. The van der Waals surface area contributed by atoms with Gasteiger partial charge in [-0.3, -0.25) is 14.9 Å². The zero-order valence-electron chi connectivity index (χ0n) is 15.6. The Bertz CT molecular complexity index is 1280. The lowest BCUT2D eigenvalue weighted by atomic mass is 9.98. The molecule has 0 saturated carbocycles. The number of hydrogen-bond donors (Lipinski definition) is 3. The fraction of sp³-hybridized carbons (Fsp3) is 0.118. The van der Waals surface area contributed by atoms with Crippen LogP contribution in [-0.2, 0) is 0 Å². The molecule has 0 saturated heterocycles. The van der Waals surface area contributed by atoms with Crippen LogP contribution in [-0.4, -0.2) is 20.2 Å². The van der Waals surface area contributed by atoms with Gasteiger partial charge in [0.2, 0.25) is 0 Å². The lowest BCUT2D eigenvalue weighted by molar-refractivity contribution is 0.636. The SMILES string of the molecule is [2H]C([2H])([2H])c1cnc2c(-c3ccc(F)c4[nH]ncc34)c(N)c(=O)[nH]c2c1C. The van der Waals surface area contributed by atoms with Crippen LogP contribution in [0.4, 0.5) is 10.1 Å². The van der Waals surface area contributed by atoms with Gasteiger partial charge in [0.15, 0.2) is 0 Å². The highest BCUT2D eigenvalue weighted by Gasteiger charge is 2.19. The molecule has 3 heterocycles. The first kappa shape index (κ1) is 11.3. The van der Waals surface area contributed by atoms with Crippen molar-refractivity contribution in [2.24, 2.45) is 0 Å². The average Bonchev–Trinajstić information content (AvgIpc) is 3.08. The molecular weight excluding hydrogens is 309 g/mol. The van der Waals surface area contributed by atoms with Crippen LogP contribution >= 0.6 is 0 Å². The van der Waals surface area contributed by atoms with E-state index in [4.69, 9.17) is 9.85 Å². The third-order valence-electron chi connectivity index (χ3n) is 4.16. The zero-order chi connectivity index (χ0) is 19.5. The van der Waals surface area contributed by atoms with Crippen molar-refractivity contribution in [1.29, 1.82) is 0 Å². The van der Waals surface area contributed by atoms with E-state index in [9.17, 15) is 9.18 Å². The van der Waals surface area contributed by atoms with Crippen LogP contribution in [0.1, 0.15) is 15.2 Å². The molecule has 0 unspecified atom stereocenters. The summed E-state index contributed by atoms with van der Waals surface area (Å²) in [5, 5.41) is 6.87. The maximum absolute atomic E-state index is 14.0. The fourth-order valence-electron chi connectivity index (χ4n) is 2.86. The monoisotopic (exact) mass is 326 g/mol. The number of pyridine rings is 2. The predicted octanol–water partition coefficient (Wildman–Crippen LogP) is 2.80. The van der Waals surface area contributed by atoms with Crippen LogP contribution in [0.2, 0.25) is 0 Å². The summed E-state index contributed by atoms with van der Waals surface area (Å²) in [6, 6.07) is 2.73. The molecule has 0 aliphatic carbocycles. The number of rotatable bonds is 1. The predicted molar refractivity (Wildman–Crippen MR) is 91.3 cm³/mol. The number of aromatic amines is 2. The Balaban J connectivity index is 2.16. The number of benzene rings is 1. The number of nitrogens with one attached hydrogen (secondary N) is 2. The number of nitrogens with two attached hydrogens (primary N) is 1. The van der Waals surface area contributed by atoms with Crippen molar-refractivity contribution in [3.05, 3.63) is 51.8 Å². The largest absolute Gasteiger partial charge is 0.394 e. The molecule has 0 aliphatic heterocycles. The maximum atomic E-state index is 14.0. The van der Waals surface area contributed by atoms with Crippen LogP contribution in [0.3, 0.4) is 0 Å². The van der Waals surface area contributed by atoms with Gasteiger partial charge >= 0.3 is 0 Å². The Morgan fingerprint density at radius 2 is 2.12 bits per heavy atom. The summed E-state index contributed by atoms with van der Waals surface area (Å²) in [6.07, 6.45) is 2.69. The lowest BCUT2D eigenvalue weighted by Gasteiger charge is -2.12. The molecule has 4 aromatic rings. The molecule has 4 N–H and O–H groups in total. The van der Waals surface area contributed by atoms with E-state index in [2.05, 4.69) is 20.2 Å². The highest BCUT2D eigenvalue weighted by atomic mass is 19.1. The number of nitrogen functional groups attached to an aromatic ring is 1. The molecule has 0 amide bonds. The van der Waals surface area contributed by atoms with Crippen molar-refractivity contribution in [2.45, 2.75) is 13.8 Å². The van der Waals surface area contributed by atoms with Crippen LogP contribution in [0.25, 0.3) is 33.1 Å². The number of anilines is 1. The summed E-state index contributed by atoms with van der Waals surface area (Å²) in [7, 11) is 0. The van der Waals surface area contributed by atoms with Gasteiger partial charge in [-0.25, -0.2) is 4.39 Å². The van der Waals surface area contributed by atoms with Gasteiger partial charge in [-0.2, -0.15) is 5.10 Å². The normalized spacial score (nSPS) is 13.8. The average molecular weight is 326 g/mol. The number of hydrogen-bond acceptors (Lipinski definition) is 4. The molecule has 6 nitrogen and oxygen atoms in total. The molecule has 24 heavy (non-hydrogen) atoms. The van der Waals surface area contributed by atoms with Crippen molar-refractivity contribution in [1.82, 2.24) is 20.2 Å². The Morgan fingerprint density at radius 3 is 2.92 bits per heavy atom. The Kier molecular flexibility index (Phi) is 2.31. The first-order chi connectivity index (χ1) is 12.7. The van der Waals surface area contributed by atoms with E-state index >= 15 is 0 Å². The molecule has 0 fully saturated rings. The molecule has 0 aliphatic rings. The molecule has 0 bridgehead atoms. The lowest BCUT2D eigenvalue weighted by Crippen LogP contribution is -2.15. The summed E-state index contributed by atoms with van der Waals surface area (Å²) in [6.45, 7) is -0.781. The van der Waals surface area contributed by atoms with Crippen LogP contribution in [0, 0.1) is 19.6 Å². The minimum atomic E-state index is -2.38. The van der Waals surface area contributed by atoms with Gasteiger partial charge in [-0.1, -0.05) is 6.07 Å². The van der Waals surface area contributed by atoms with Crippen molar-refractivity contribution in [3.63, 3.8) is 0 Å². The Hall–Kier alpha value is -3.22. The third-order valence-corrected chi connectivity index (χ3v) is 4.16. The number of aryl methyl sites for hydroxylation is 2. The van der Waals surface area contributed by atoms with Gasteiger partial charge in [0.1, 0.15) is 17.0 Å². The molecule has 0 atom stereocenters. The highest BCUT2D eigenvalue weighted by molar-refractivity contribution is 6.06. The van der Waals surface area contributed by atoms with Crippen LogP contribution in [0.15, 0.2) is 29.3 Å². The van der Waals surface area contributed by atoms with Crippen molar-refractivity contribution in [3.8, 4) is 11.1 Å². The van der Waals surface area contributed by atoms with E-state index < -0.39 is 18.2 Å². The number of halogens is 1. The summed E-state index contributed by atoms with van der Waals surface area (Å²) >= 11 is 0. The minimum absolute atomic E-state index is 0.0361. The summed E-state index contributed by atoms with van der Waals surface area (Å²) in [5.74, 6) is -0.493. The molecule has 0 spiro atoms. The smallest absolute Gasteiger partial charge is 0.272 e. The van der Waals surface area contributed by atoms with E-state index in [-0.39, 0.29) is 22.3 Å². The molecule has 1 aromatic carbocycles. The summed E-state index contributed by atoms with van der Waals surface area (Å²) in [4.78, 5) is 19.3. The third kappa shape index (κ3) is 1.84. The van der Waals surface area contributed by atoms with E-state index in [1.54, 1.807) is 6.92 Å². The quantitative estimate of drug-likeness (QED) is 0.500. The van der Waals surface area contributed by atoms with Gasteiger partial charge in [-0.05, 0) is 36.5 Å². The van der Waals surface area contributed by atoms with Crippen molar-refractivity contribution < 1.29 is 8.50 Å². The molecule has 7 heteroatoms. The Labute approximate surface area is 139 Å². The van der Waals surface area contributed by atoms with E-state index in [1.165, 1.54) is 24.5 Å². The van der Waals surface area contributed by atoms with Gasteiger partial charge in [0, 0.05) is 21.3 Å². The number of fused-ring (bicyclic) bond motifs is 2.